The predicted molar refractivity (Wildman–Crippen MR) is 175 cm³/mol. The molecule has 0 saturated heterocycles. The maximum absolute atomic E-state index is 4.85. The second-order valence-electron chi connectivity index (χ2n) is 10.7. The molecule has 0 aliphatic carbocycles. The van der Waals surface area contributed by atoms with Crippen molar-refractivity contribution in [3.8, 4) is 0 Å². The zero-order valence-corrected chi connectivity index (χ0v) is 26.3. The molecular weight excluding hydrogens is 517 g/mol. The van der Waals surface area contributed by atoms with Crippen LogP contribution in [-0.2, 0) is 0 Å². The molecule has 0 bridgehead atoms. The number of imidazole rings is 1. The fourth-order valence-corrected chi connectivity index (χ4v) is 5.88. The number of aryl methyl sites for hydroxylation is 1. The molecule has 2 aromatic heterocycles. The Bertz CT molecular complexity index is 1250. The number of anilines is 1. The molecule has 39 heavy (non-hydrogen) atoms. The lowest BCUT2D eigenvalue weighted by Crippen LogP contribution is -2.15. The maximum Gasteiger partial charge on any atom is 0.137 e. The lowest BCUT2D eigenvalue weighted by Gasteiger charge is -2.15. The van der Waals surface area contributed by atoms with Crippen LogP contribution in [0.4, 0.5) is 5.82 Å². The highest BCUT2D eigenvalue weighted by atomic mass is 32.2. The fraction of sp³-hybridized carbons (Fsp3) is 0.455. The first-order chi connectivity index (χ1) is 18.8. The molecule has 0 fully saturated rings. The van der Waals surface area contributed by atoms with Gasteiger partial charge in [-0.05, 0) is 92.2 Å². The molecule has 2 N–H and O–H groups in total. The Balaban J connectivity index is 1.43. The molecule has 0 spiro atoms. The van der Waals surface area contributed by atoms with Gasteiger partial charge in [-0.15, -0.1) is 11.3 Å². The van der Waals surface area contributed by atoms with Crippen molar-refractivity contribution in [2.75, 3.05) is 16.8 Å². The van der Waals surface area contributed by atoms with Crippen molar-refractivity contribution < 1.29 is 0 Å². The standard InChI is InChI=1S/C33H46N4S2/c1-24(2)12-9-13-25(3)14-10-15-26(4)16-11-17-27(5)20-21-38-22-31(35-32-23-39-28(6)34-32)33-36-29-18-7-8-19-30(29)37-33/h7-8,12,14,16,18-20,23,31,35H,9-11,13,15,17,21-22H2,1-6H3,(H,36,37). The number of hydrogen-bond donors (Lipinski definition) is 2. The van der Waals surface area contributed by atoms with Crippen molar-refractivity contribution in [3.05, 3.63) is 87.1 Å². The summed E-state index contributed by atoms with van der Waals surface area (Å²) in [6.07, 6.45) is 16.4. The Kier molecular flexibility index (Phi) is 13.1. The molecule has 1 unspecified atom stereocenters. The number of allylic oxidation sites excluding steroid dienone is 7. The lowest BCUT2D eigenvalue weighted by molar-refractivity contribution is 0.821. The van der Waals surface area contributed by atoms with E-state index in [1.807, 2.05) is 30.8 Å². The minimum Gasteiger partial charge on any atom is -0.359 e. The number of H-pyrrole nitrogens is 1. The van der Waals surface area contributed by atoms with Crippen molar-refractivity contribution in [1.82, 2.24) is 15.0 Å². The molecular formula is C33H46N4S2. The summed E-state index contributed by atoms with van der Waals surface area (Å²) in [6.45, 7) is 13.2. The van der Waals surface area contributed by atoms with Crippen LogP contribution in [0.2, 0.25) is 0 Å². The zero-order valence-electron chi connectivity index (χ0n) is 24.6. The molecule has 3 rings (SSSR count). The fourth-order valence-electron chi connectivity index (χ4n) is 4.31. The first-order valence-corrected chi connectivity index (χ1v) is 16.1. The van der Waals surface area contributed by atoms with Gasteiger partial charge in [0, 0.05) is 16.9 Å². The van der Waals surface area contributed by atoms with Gasteiger partial charge < -0.3 is 10.3 Å². The molecule has 1 aromatic carbocycles. The lowest BCUT2D eigenvalue weighted by atomic mass is 10.0. The molecule has 0 aliphatic rings. The van der Waals surface area contributed by atoms with E-state index >= 15 is 0 Å². The Hall–Kier alpha value is -2.57. The number of thioether (sulfide) groups is 1. The minimum atomic E-state index is 0.0769. The number of rotatable bonds is 16. The molecule has 0 radical (unpaired) electrons. The molecule has 1 atom stereocenters. The van der Waals surface area contributed by atoms with E-state index in [1.165, 1.54) is 28.7 Å². The van der Waals surface area contributed by atoms with Crippen molar-refractivity contribution in [1.29, 1.82) is 0 Å². The number of aromatic amines is 1. The predicted octanol–water partition coefficient (Wildman–Crippen LogP) is 10.4. The van der Waals surface area contributed by atoms with Gasteiger partial charge in [0.15, 0.2) is 0 Å². The van der Waals surface area contributed by atoms with Gasteiger partial charge in [0.05, 0.1) is 22.1 Å². The van der Waals surface area contributed by atoms with Crippen LogP contribution in [0.3, 0.4) is 0 Å². The molecule has 3 aromatic rings. The maximum atomic E-state index is 4.85. The van der Waals surface area contributed by atoms with E-state index in [4.69, 9.17) is 4.98 Å². The van der Waals surface area contributed by atoms with E-state index in [0.29, 0.717) is 0 Å². The van der Waals surface area contributed by atoms with Gasteiger partial charge in [-0.1, -0.05) is 58.7 Å². The van der Waals surface area contributed by atoms with Gasteiger partial charge in [-0.25, -0.2) is 9.97 Å². The SMILES string of the molecule is CC(C)=CCCC(C)=CCCC(C)=CCCC(C)=CCSCC(Nc1csc(C)n1)c1nc2ccccc2[nH]1. The highest BCUT2D eigenvalue weighted by Crippen LogP contribution is 2.25. The summed E-state index contributed by atoms with van der Waals surface area (Å²) in [5, 5.41) is 6.75. The molecule has 210 valence electrons. The third-order valence-corrected chi connectivity index (χ3v) is 8.41. The molecule has 2 heterocycles. The summed E-state index contributed by atoms with van der Waals surface area (Å²) < 4.78 is 0. The van der Waals surface area contributed by atoms with Crippen LogP contribution >= 0.6 is 23.1 Å². The number of hydrogen-bond acceptors (Lipinski definition) is 5. The Morgan fingerprint density at radius 3 is 2.15 bits per heavy atom. The average molecular weight is 563 g/mol. The van der Waals surface area contributed by atoms with Crippen LogP contribution in [0.1, 0.15) is 90.0 Å². The van der Waals surface area contributed by atoms with Gasteiger partial charge in [0.25, 0.3) is 0 Å². The minimum absolute atomic E-state index is 0.0769. The van der Waals surface area contributed by atoms with E-state index in [9.17, 15) is 0 Å². The number of thiazole rings is 1. The topological polar surface area (TPSA) is 53.6 Å². The van der Waals surface area contributed by atoms with Crippen molar-refractivity contribution in [2.45, 2.75) is 86.1 Å². The second kappa shape index (κ2) is 16.5. The summed E-state index contributed by atoms with van der Waals surface area (Å²) in [5.41, 5.74) is 7.96. The third kappa shape index (κ3) is 11.6. The summed E-state index contributed by atoms with van der Waals surface area (Å²) in [4.78, 5) is 13.0. The van der Waals surface area contributed by atoms with Crippen LogP contribution in [0.15, 0.2) is 76.2 Å². The number of nitrogens with zero attached hydrogens (tertiary/aromatic N) is 2. The first kappa shape index (κ1) is 31.0. The van der Waals surface area contributed by atoms with Gasteiger partial charge in [0.2, 0.25) is 0 Å². The Morgan fingerprint density at radius 2 is 1.54 bits per heavy atom. The Morgan fingerprint density at radius 1 is 0.897 bits per heavy atom. The van der Waals surface area contributed by atoms with Crippen molar-refractivity contribution in [2.24, 2.45) is 0 Å². The second-order valence-corrected chi connectivity index (χ2v) is 12.8. The highest BCUT2D eigenvalue weighted by Gasteiger charge is 2.17. The number of nitrogens with one attached hydrogen (secondary N) is 2. The number of benzene rings is 1. The van der Waals surface area contributed by atoms with E-state index in [0.717, 1.165) is 71.3 Å². The van der Waals surface area contributed by atoms with Gasteiger partial charge >= 0.3 is 0 Å². The number of aromatic nitrogens is 3. The molecule has 6 heteroatoms. The summed E-state index contributed by atoms with van der Waals surface area (Å²) in [5.74, 6) is 3.81. The monoisotopic (exact) mass is 562 g/mol. The van der Waals surface area contributed by atoms with Crippen LogP contribution < -0.4 is 5.32 Å². The Labute approximate surface area is 244 Å². The summed E-state index contributed by atoms with van der Waals surface area (Å²) in [7, 11) is 0. The molecule has 4 nitrogen and oxygen atoms in total. The average Bonchev–Trinajstić information content (AvgIpc) is 3.51. The quantitative estimate of drug-likeness (QED) is 0.135. The van der Waals surface area contributed by atoms with Crippen LogP contribution in [0.25, 0.3) is 11.0 Å². The van der Waals surface area contributed by atoms with Crippen molar-refractivity contribution >= 4 is 39.9 Å². The van der Waals surface area contributed by atoms with E-state index in [2.05, 4.69) is 91.7 Å². The van der Waals surface area contributed by atoms with E-state index in [-0.39, 0.29) is 6.04 Å². The van der Waals surface area contributed by atoms with E-state index in [1.54, 1.807) is 11.3 Å². The summed E-state index contributed by atoms with van der Waals surface area (Å²) >= 11 is 3.60. The highest BCUT2D eigenvalue weighted by molar-refractivity contribution is 7.99. The molecule has 0 amide bonds. The van der Waals surface area contributed by atoms with Gasteiger partial charge in [-0.3, -0.25) is 0 Å². The van der Waals surface area contributed by atoms with Crippen molar-refractivity contribution in [3.63, 3.8) is 0 Å². The van der Waals surface area contributed by atoms with Gasteiger partial charge in [-0.2, -0.15) is 11.8 Å². The normalized spacial score (nSPS) is 13.6. The molecule has 0 saturated carbocycles. The van der Waals surface area contributed by atoms with Gasteiger partial charge in [0.1, 0.15) is 11.6 Å². The molecule has 0 aliphatic heterocycles. The smallest absolute Gasteiger partial charge is 0.137 e. The largest absolute Gasteiger partial charge is 0.359 e. The van der Waals surface area contributed by atoms with E-state index < -0.39 is 0 Å². The number of para-hydroxylation sites is 2. The first-order valence-electron chi connectivity index (χ1n) is 14.1. The van der Waals surface area contributed by atoms with Crippen LogP contribution in [0, 0.1) is 6.92 Å². The zero-order chi connectivity index (χ0) is 28.0. The third-order valence-electron chi connectivity index (χ3n) is 6.67. The van der Waals surface area contributed by atoms with Crippen LogP contribution in [-0.4, -0.2) is 26.5 Å². The summed E-state index contributed by atoms with van der Waals surface area (Å²) in [6, 6.07) is 8.29. The number of fused-ring (bicyclic) bond motifs is 1. The van der Waals surface area contributed by atoms with Crippen LogP contribution in [0.5, 0.6) is 0 Å².